The summed E-state index contributed by atoms with van der Waals surface area (Å²) in [6.45, 7) is 6.00. The van der Waals surface area contributed by atoms with Gasteiger partial charge in [-0.3, -0.25) is 19.3 Å². The Balaban J connectivity index is 1.64. The summed E-state index contributed by atoms with van der Waals surface area (Å²) >= 11 is 0. The summed E-state index contributed by atoms with van der Waals surface area (Å²) in [7, 11) is 0. The Kier molecular flexibility index (Phi) is 6.57. The largest absolute Gasteiger partial charge is 0.444 e. The van der Waals surface area contributed by atoms with Gasteiger partial charge in [-0.15, -0.1) is 0 Å². The van der Waals surface area contributed by atoms with Crippen molar-refractivity contribution in [2.75, 3.05) is 19.6 Å². The molecule has 0 aliphatic carbocycles. The van der Waals surface area contributed by atoms with Gasteiger partial charge >= 0.3 is 6.09 Å². The molecule has 2 atom stereocenters. The zero-order chi connectivity index (χ0) is 19.3. The second-order valence-electron chi connectivity index (χ2n) is 7.44. The number of hydrogen-bond donors (Lipinski definition) is 2. The van der Waals surface area contributed by atoms with Crippen molar-refractivity contribution >= 4 is 23.8 Å². The highest BCUT2D eigenvalue weighted by Gasteiger charge is 2.32. The third kappa shape index (κ3) is 5.98. The van der Waals surface area contributed by atoms with Gasteiger partial charge in [-0.1, -0.05) is 0 Å². The standard InChI is InChI=1S/C17H27N3O6/c1-17(2,3)26-16(24)19-10-11-4-5-12(25-11)15(23)18-8-9-20-13(21)6-7-14(20)22/h11-12H,4-10H2,1-3H3,(H,18,23)(H,19,24)/t11-,12-/m0/s1. The molecule has 0 spiro atoms. The van der Waals surface area contributed by atoms with E-state index in [-0.39, 0.29) is 56.3 Å². The first-order valence-corrected chi connectivity index (χ1v) is 8.89. The SMILES string of the molecule is CC(C)(C)OC(=O)NC[C@@H]1CC[C@@H](C(=O)NCCN2C(=O)CCC2=O)O1. The maximum atomic E-state index is 12.1. The van der Waals surface area contributed by atoms with Crippen molar-refractivity contribution in [2.45, 2.75) is 64.3 Å². The molecule has 2 N–H and O–H groups in total. The average molecular weight is 369 g/mol. The van der Waals surface area contributed by atoms with Crippen LogP contribution in [0.3, 0.4) is 0 Å². The molecule has 2 rings (SSSR count). The molecule has 2 aliphatic heterocycles. The molecule has 0 aromatic heterocycles. The molecule has 146 valence electrons. The van der Waals surface area contributed by atoms with Gasteiger partial charge in [0.05, 0.1) is 6.10 Å². The van der Waals surface area contributed by atoms with E-state index in [1.807, 2.05) is 0 Å². The van der Waals surface area contributed by atoms with E-state index in [1.165, 1.54) is 4.90 Å². The van der Waals surface area contributed by atoms with E-state index in [1.54, 1.807) is 20.8 Å². The highest BCUT2D eigenvalue weighted by Crippen LogP contribution is 2.19. The van der Waals surface area contributed by atoms with Crippen LogP contribution in [0.5, 0.6) is 0 Å². The van der Waals surface area contributed by atoms with Crippen molar-refractivity contribution in [3.05, 3.63) is 0 Å². The van der Waals surface area contributed by atoms with Gasteiger partial charge in [0.15, 0.2) is 0 Å². The lowest BCUT2D eigenvalue weighted by atomic mass is 10.2. The topological polar surface area (TPSA) is 114 Å². The molecule has 0 aromatic rings. The summed E-state index contributed by atoms with van der Waals surface area (Å²) in [5, 5.41) is 5.32. The van der Waals surface area contributed by atoms with Gasteiger partial charge in [0.25, 0.3) is 0 Å². The van der Waals surface area contributed by atoms with Crippen LogP contribution in [0.2, 0.25) is 0 Å². The van der Waals surface area contributed by atoms with Crippen LogP contribution in [0, 0.1) is 0 Å². The van der Waals surface area contributed by atoms with E-state index in [2.05, 4.69) is 10.6 Å². The highest BCUT2D eigenvalue weighted by atomic mass is 16.6. The van der Waals surface area contributed by atoms with Gasteiger partial charge in [0.1, 0.15) is 11.7 Å². The van der Waals surface area contributed by atoms with Crippen molar-refractivity contribution in [3.63, 3.8) is 0 Å². The lowest BCUT2D eigenvalue weighted by Gasteiger charge is -2.21. The maximum Gasteiger partial charge on any atom is 0.407 e. The van der Waals surface area contributed by atoms with Gasteiger partial charge in [0.2, 0.25) is 17.7 Å². The third-order valence-corrected chi connectivity index (χ3v) is 4.06. The molecule has 9 heteroatoms. The average Bonchev–Trinajstić information content (AvgIpc) is 3.13. The van der Waals surface area contributed by atoms with Gasteiger partial charge in [-0.05, 0) is 33.6 Å². The van der Waals surface area contributed by atoms with Crippen LogP contribution in [-0.4, -0.2) is 66.2 Å². The minimum Gasteiger partial charge on any atom is -0.444 e. The van der Waals surface area contributed by atoms with E-state index in [4.69, 9.17) is 9.47 Å². The number of ether oxygens (including phenoxy) is 2. The Morgan fingerprint density at radius 3 is 2.42 bits per heavy atom. The molecule has 0 saturated carbocycles. The van der Waals surface area contributed by atoms with Crippen molar-refractivity contribution in [3.8, 4) is 0 Å². The monoisotopic (exact) mass is 369 g/mol. The summed E-state index contributed by atoms with van der Waals surface area (Å²) in [4.78, 5) is 47.9. The summed E-state index contributed by atoms with van der Waals surface area (Å²) in [5.41, 5.74) is -0.568. The summed E-state index contributed by atoms with van der Waals surface area (Å²) in [6.07, 6.45) is 0.320. The fourth-order valence-electron chi connectivity index (χ4n) is 2.84. The molecular weight excluding hydrogens is 342 g/mol. The zero-order valence-corrected chi connectivity index (χ0v) is 15.5. The fraction of sp³-hybridized carbons (Fsp3) is 0.765. The van der Waals surface area contributed by atoms with Crippen LogP contribution in [0.4, 0.5) is 4.79 Å². The first kappa shape index (κ1) is 20.2. The summed E-state index contributed by atoms with van der Waals surface area (Å²) in [6, 6.07) is 0. The van der Waals surface area contributed by atoms with E-state index >= 15 is 0 Å². The van der Waals surface area contributed by atoms with Crippen LogP contribution in [0.25, 0.3) is 0 Å². The Labute approximate surface area is 152 Å². The molecule has 0 unspecified atom stereocenters. The highest BCUT2D eigenvalue weighted by molar-refractivity contribution is 6.01. The van der Waals surface area contributed by atoms with Crippen molar-refractivity contribution in [1.29, 1.82) is 0 Å². The van der Waals surface area contributed by atoms with Crippen molar-refractivity contribution < 1.29 is 28.7 Å². The molecule has 2 aliphatic rings. The van der Waals surface area contributed by atoms with Crippen LogP contribution in [0.15, 0.2) is 0 Å². The third-order valence-electron chi connectivity index (χ3n) is 4.06. The number of likely N-dealkylation sites (tertiary alicyclic amines) is 1. The molecule has 2 heterocycles. The van der Waals surface area contributed by atoms with Gasteiger partial charge < -0.3 is 20.1 Å². The van der Waals surface area contributed by atoms with Gasteiger partial charge in [-0.2, -0.15) is 0 Å². The molecule has 26 heavy (non-hydrogen) atoms. The molecule has 2 fully saturated rings. The molecule has 0 bridgehead atoms. The first-order valence-electron chi connectivity index (χ1n) is 8.89. The first-order chi connectivity index (χ1) is 12.2. The normalized spacial score (nSPS) is 23.3. The minimum absolute atomic E-state index is 0.180. The quantitative estimate of drug-likeness (QED) is 0.652. The Hall–Kier alpha value is -2.16. The van der Waals surface area contributed by atoms with Crippen LogP contribution in [0.1, 0.15) is 46.5 Å². The number of carbonyl (C=O) groups excluding carboxylic acids is 4. The Morgan fingerprint density at radius 2 is 1.81 bits per heavy atom. The molecular formula is C17H27N3O6. The van der Waals surface area contributed by atoms with Crippen LogP contribution < -0.4 is 10.6 Å². The number of rotatable bonds is 6. The molecule has 4 amide bonds. The number of hydrogen-bond acceptors (Lipinski definition) is 6. The number of nitrogens with zero attached hydrogens (tertiary/aromatic N) is 1. The smallest absolute Gasteiger partial charge is 0.407 e. The van der Waals surface area contributed by atoms with Crippen LogP contribution in [-0.2, 0) is 23.9 Å². The van der Waals surface area contributed by atoms with E-state index in [0.717, 1.165) is 0 Å². The van der Waals surface area contributed by atoms with Crippen molar-refractivity contribution in [1.82, 2.24) is 15.5 Å². The number of nitrogens with one attached hydrogen (secondary N) is 2. The number of alkyl carbamates (subject to hydrolysis) is 1. The minimum atomic E-state index is -0.592. The second-order valence-corrected chi connectivity index (χ2v) is 7.44. The predicted molar refractivity (Wildman–Crippen MR) is 91.1 cm³/mol. The van der Waals surface area contributed by atoms with Gasteiger partial charge in [-0.25, -0.2) is 4.79 Å². The molecule has 9 nitrogen and oxygen atoms in total. The van der Waals surface area contributed by atoms with Crippen LogP contribution >= 0.6 is 0 Å². The van der Waals surface area contributed by atoms with E-state index < -0.39 is 17.8 Å². The number of carbonyl (C=O) groups is 4. The summed E-state index contributed by atoms with van der Waals surface area (Å²) in [5.74, 6) is -0.673. The van der Waals surface area contributed by atoms with E-state index in [0.29, 0.717) is 12.8 Å². The maximum absolute atomic E-state index is 12.1. The van der Waals surface area contributed by atoms with Gasteiger partial charge in [0, 0.05) is 32.5 Å². The second kappa shape index (κ2) is 8.48. The van der Waals surface area contributed by atoms with E-state index in [9.17, 15) is 19.2 Å². The lowest BCUT2D eigenvalue weighted by molar-refractivity contribution is -0.139. The Morgan fingerprint density at radius 1 is 1.15 bits per heavy atom. The Bertz CT molecular complexity index is 555. The number of amides is 4. The fourth-order valence-corrected chi connectivity index (χ4v) is 2.84. The predicted octanol–water partition coefficient (Wildman–Crippen LogP) is 0.324. The molecule has 2 saturated heterocycles. The van der Waals surface area contributed by atoms with Crippen molar-refractivity contribution in [2.24, 2.45) is 0 Å². The zero-order valence-electron chi connectivity index (χ0n) is 15.5. The number of imide groups is 1. The lowest BCUT2D eigenvalue weighted by Crippen LogP contribution is -2.42. The molecule has 0 radical (unpaired) electrons. The molecule has 0 aromatic carbocycles. The summed E-state index contributed by atoms with van der Waals surface area (Å²) < 4.78 is 10.8.